The van der Waals surface area contributed by atoms with Gasteiger partial charge in [0.15, 0.2) is 5.16 Å². The van der Waals surface area contributed by atoms with Gasteiger partial charge in [0.05, 0.1) is 23.1 Å². The van der Waals surface area contributed by atoms with E-state index in [0.717, 1.165) is 5.82 Å². The Morgan fingerprint density at radius 3 is 2.79 bits per heavy atom. The first-order chi connectivity index (χ1) is 11.5. The molecule has 0 saturated carbocycles. The van der Waals surface area contributed by atoms with Gasteiger partial charge in [-0.3, -0.25) is 4.79 Å². The molecule has 130 valence electrons. The van der Waals surface area contributed by atoms with Crippen molar-refractivity contribution in [2.75, 3.05) is 24.8 Å². The molecule has 0 spiro atoms. The summed E-state index contributed by atoms with van der Waals surface area (Å²) in [6, 6.07) is 7.15. The number of methoxy groups -OCH3 is 1. The summed E-state index contributed by atoms with van der Waals surface area (Å²) >= 11 is 7.39. The van der Waals surface area contributed by atoms with E-state index in [1.807, 2.05) is 16.7 Å². The summed E-state index contributed by atoms with van der Waals surface area (Å²) < 4.78 is 7.14. The number of carbonyl (C=O) groups is 1. The number of anilines is 1. The second kappa shape index (κ2) is 9.05. The fourth-order valence-electron chi connectivity index (χ4n) is 2.11. The Balaban J connectivity index is 2.00. The number of benzene rings is 1. The number of para-hydroxylation sites is 1. The van der Waals surface area contributed by atoms with E-state index in [9.17, 15) is 4.79 Å². The monoisotopic (exact) mass is 368 g/mol. The molecule has 0 bridgehead atoms. The zero-order valence-corrected chi connectivity index (χ0v) is 15.5. The van der Waals surface area contributed by atoms with Gasteiger partial charge < -0.3 is 14.6 Å². The van der Waals surface area contributed by atoms with Crippen molar-refractivity contribution < 1.29 is 9.53 Å². The van der Waals surface area contributed by atoms with Crippen LogP contribution < -0.4 is 5.32 Å². The maximum absolute atomic E-state index is 12.1. The van der Waals surface area contributed by atoms with E-state index in [2.05, 4.69) is 29.4 Å². The third kappa shape index (κ3) is 4.96. The first-order valence-corrected chi connectivity index (χ1v) is 8.98. The minimum atomic E-state index is -0.138. The molecule has 0 radical (unpaired) electrons. The molecule has 0 atom stereocenters. The van der Waals surface area contributed by atoms with Crippen LogP contribution in [0.3, 0.4) is 0 Å². The van der Waals surface area contributed by atoms with Gasteiger partial charge in [-0.15, -0.1) is 10.2 Å². The van der Waals surface area contributed by atoms with Gasteiger partial charge in [-0.1, -0.05) is 49.3 Å². The molecule has 2 aromatic rings. The smallest absolute Gasteiger partial charge is 0.234 e. The highest BCUT2D eigenvalue weighted by Crippen LogP contribution is 2.23. The Hall–Kier alpha value is -1.57. The highest BCUT2D eigenvalue weighted by Gasteiger charge is 2.16. The third-order valence-electron chi connectivity index (χ3n) is 3.26. The van der Waals surface area contributed by atoms with E-state index in [4.69, 9.17) is 16.3 Å². The van der Waals surface area contributed by atoms with Crippen molar-refractivity contribution >= 4 is 35.0 Å². The number of hydrogen-bond acceptors (Lipinski definition) is 5. The minimum Gasteiger partial charge on any atom is -0.383 e. The molecule has 0 aliphatic carbocycles. The Labute approximate surface area is 150 Å². The van der Waals surface area contributed by atoms with Gasteiger partial charge in [-0.2, -0.15) is 0 Å². The number of halogens is 1. The lowest BCUT2D eigenvalue weighted by atomic mass is 10.2. The number of aromatic nitrogens is 3. The molecule has 0 aliphatic heterocycles. The molecule has 0 saturated heterocycles. The summed E-state index contributed by atoms with van der Waals surface area (Å²) in [6.07, 6.45) is 0. The van der Waals surface area contributed by atoms with E-state index >= 15 is 0 Å². The van der Waals surface area contributed by atoms with Gasteiger partial charge >= 0.3 is 0 Å². The molecule has 8 heteroatoms. The standard InChI is InChI=1S/C16H21ClN4O2S/c1-11(2)15-19-20-16(21(15)8-9-23-3)24-10-14(22)18-13-7-5-4-6-12(13)17/h4-7,11H,8-10H2,1-3H3,(H,18,22). The number of hydrogen-bond donors (Lipinski definition) is 1. The Bertz CT molecular complexity index is 690. The lowest BCUT2D eigenvalue weighted by Gasteiger charge is -2.11. The van der Waals surface area contributed by atoms with Gasteiger partial charge in [0.25, 0.3) is 0 Å². The van der Waals surface area contributed by atoms with Crippen LogP contribution in [0.2, 0.25) is 5.02 Å². The van der Waals surface area contributed by atoms with Crippen LogP contribution in [0.15, 0.2) is 29.4 Å². The van der Waals surface area contributed by atoms with Gasteiger partial charge in [-0.05, 0) is 12.1 Å². The predicted octanol–water partition coefficient (Wildman–Crippen LogP) is 3.43. The zero-order valence-electron chi connectivity index (χ0n) is 14.0. The Morgan fingerprint density at radius 1 is 1.38 bits per heavy atom. The molecule has 1 N–H and O–H groups in total. The molecular weight excluding hydrogens is 348 g/mol. The van der Waals surface area contributed by atoms with E-state index in [0.29, 0.717) is 29.0 Å². The van der Waals surface area contributed by atoms with Gasteiger partial charge in [-0.25, -0.2) is 0 Å². The van der Waals surface area contributed by atoms with Crippen molar-refractivity contribution in [3.05, 3.63) is 35.1 Å². The largest absolute Gasteiger partial charge is 0.383 e. The van der Waals surface area contributed by atoms with Crippen molar-refractivity contribution in [1.82, 2.24) is 14.8 Å². The number of nitrogens with one attached hydrogen (secondary N) is 1. The Morgan fingerprint density at radius 2 is 2.12 bits per heavy atom. The maximum atomic E-state index is 12.1. The van der Waals surface area contributed by atoms with E-state index < -0.39 is 0 Å². The zero-order chi connectivity index (χ0) is 17.5. The second-order valence-corrected chi connectivity index (χ2v) is 6.81. The van der Waals surface area contributed by atoms with Crippen molar-refractivity contribution in [1.29, 1.82) is 0 Å². The summed E-state index contributed by atoms with van der Waals surface area (Å²) in [6.45, 7) is 5.35. The van der Waals surface area contributed by atoms with Crippen LogP contribution in [-0.4, -0.2) is 40.1 Å². The highest BCUT2D eigenvalue weighted by molar-refractivity contribution is 7.99. The van der Waals surface area contributed by atoms with E-state index in [-0.39, 0.29) is 17.6 Å². The van der Waals surface area contributed by atoms with E-state index in [1.54, 1.807) is 19.2 Å². The number of thioether (sulfide) groups is 1. The minimum absolute atomic E-state index is 0.138. The van der Waals surface area contributed by atoms with Crippen LogP contribution in [0.1, 0.15) is 25.6 Å². The summed E-state index contributed by atoms with van der Waals surface area (Å²) in [5, 5.41) is 12.5. The average molecular weight is 369 g/mol. The Kier molecular flexibility index (Phi) is 7.08. The topological polar surface area (TPSA) is 69.0 Å². The first-order valence-electron chi connectivity index (χ1n) is 7.62. The van der Waals surface area contributed by atoms with Gasteiger partial charge in [0.2, 0.25) is 5.91 Å². The number of carbonyl (C=O) groups excluding carboxylic acids is 1. The molecule has 2 rings (SSSR count). The SMILES string of the molecule is COCCn1c(SCC(=O)Nc2ccccc2Cl)nnc1C(C)C. The van der Waals surface area contributed by atoms with Crippen LogP contribution in [0.4, 0.5) is 5.69 Å². The van der Waals surface area contributed by atoms with Crippen LogP contribution in [0.5, 0.6) is 0 Å². The van der Waals surface area contributed by atoms with Crippen LogP contribution in [0.25, 0.3) is 0 Å². The molecular formula is C16H21ClN4O2S. The molecule has 0 unspecified atom stereocenters. The van der Waals surface area contributed by atoms with Gasteiger partial charge in [0, 0.05) is 19.6 Å². The number of nitrogens with zero attached hydrogens (tertiary/aromatic N) is 3. The van der Waals surface area contributed by atoms with Crippen molar-refractivity contribution in [2.24, 2.45) is 0 Å². The molecule has 1 aromatic heterocycles. The van der Waals surface area contributed by atoms with Crippen molar-refractivity contribution in [2.45, 2.75) is 31.5 Å². The first kappa shape index (κ1) is 18.8. The van der Waals surface area contributed by atoms with Crippen molar-refractivity contribution in [3.63, 3.8) is 0 Å². The maximum Gasteiger partial charge on any atom is 0.234 e. The summed E-state index contributed by atoms with van der Waals surface area (Å²) in [7, 11) is 1.66. The van der Waals surface area contributed by atoms with Gasteiger partial charge in [0.1, 0.15) is 5.82 Å². The lowest BCUT2D eigenvalue weighted by Crippen LogP contribution is -2.16. The predicted molar refractivity (Wildman–Crippen MR) is 96.8 cm³/mol. The third-order valence-corrected chi connectivity index (χ3v) is 4.56. The molecule has 6 nitrogen and oxygen atoms in total. The quantitative estimate of drug-likeness (QED) is 0.723. The molecule has 1 aromatic carbocycles. The van der Waals surface area contributed by atoms with Crippen LogP contribution in [0, 0.1) is 0 Å². The van der Waals surface area contributed by atoms with Crippen LogP contribution in [-0.2, 0) is 16.1 Å². The van der Waals surface area contributed by atoms with Crippen LogP contribution >= 0.6 is 23.4 Å². The number of amides is 1. The average Bonchev–Trinajstić information content (AvgIpc) is 2.96. The number of ether oxygens (including phenoxy) is 1. The van der Waals surface area contributed by atoms with E-state index in [1.165, 1.54) is 11.8 Å². The summed E-state index contributed by atoms with van der Waals surface area (Å²) in [4.78, 5) is 12.1. The molecule has 0 aliphatic rings. The fourth-order valence-corrected chi connectivity index (χ4v) is 3.06. The normalized spacial score (nSPS) is 11.0. The molecule has 1 heterocycles. The molecule has 24 heavy (non-hydrogen) atoms. The molecule has 1 amide bonds. The number of rotatable bonds is 8. The second-order valence-electron chi connectivity index (χ2n) is 5.46. The van der Waals surface area contributed by atoms with Crippen molar-refractivity contribution in [3.8, 4) is 0 Å². The lowest BCUT2D eigenvalue weighted by molar-refractivity contribution is -0.113. The summed E-state index contributed by atoms with van der Waals surface area (Å²) in [5.41, 5.74) is 0.605. The molecule has 0 fully saturated rings. The fraction of sp³-hybridized carbons (Fsp3) is 0.438. The summed E-state index contributed by atoms with van der Waals surface area (Å²) in [5.74, 6) is 1.23. The highest BCUT2D eigenvalue weighted by atomic mass is 35.5.